The van der Waals surface area contributed by atoms with Crippen LogP contribution in [0.25, 0.3) is 11.4 Å². The van der Waals surface area contributed by atoms with Crippen LogP contribution in [0.4, 0.5) is 5.13 Å². The van der Waals surface area contributed by atoms with E-state index in [2.05, 4.69) is 30.4 Å². The number of rotatable bonds is 4. The molecule has 2 atom stereocenters. The number of aromatic amines is 1. The van der Waals surface area contributed by atoms with Crippen LogP contribution in [0.1, 0.15) is 27.5 Å². The normalized spacial score (nSPS) is 19.6. The summed E-state index contributed by atoms with van der Waals surface area (Å²) in [5.41, 5.74) is 2.65. The highest BCUT2D eigenvalue weighted by Gasteiger charge is 2.31. The fraction of sp³-hybridized carbons (Fsp3) is 0.368. The molecule has 0 spiro atoms. The molecule has 3 aromatic heterocycles. The molecule has 28 heavy (non-hydrogen) atoms. The van der Waals surface area contributed by atoms with Gasteiger partial charge < -0.3 is 15.3 Å². The minimum Gasteiger partial charge on any atom is -0.391 e. The molecule has 1 saturated heterocycles. The Morgan fingerprint density at radius 1 is 1.36 bits per heavy atom. The second-order valence-corrected chi connectivity index (χ2v) is 8.08. The molecule has 3 aromatic rings. The molecular formula is C19H22N6O2S. The molecule has 1 amide bonds. The van der Waals surface area contributed by atoms with Crippen molar-refractivity contribution in [1.29, 1.82) is 0 Å². The summed E-state index contributed by atoms with van der Waals surface area (Å²) in [7, 11) is 0. The number of anilines is 1. The van der Waals surface area contributed by atoms with Crippen molar-refractivity contribution in [2.24, 2.45) is 0 Å². The first-order chi connectivity index (χ1) is 13.5. The summed E-state index contributed by atoms with van der Waals surface area (Å²) in [6.07, 6.45) is 1.66. The quantitative estimate of drug-likeness (QED) is 0.620. The van der Waals surface area contributed by atoms with Gasteiger partial charge in [0.15, 0.2) is 5.13 Å². The zero-order valence-corrected chi connectivity index (χ0v) is 16.5. The Balaban J connectivity index is 1.45. The van der Waals surface area contributed by atoms with E-state index in [1.165, 1.54) is 4.88 Å². The van der Waals surface area contributed by atoms with Crippen LogP contribution < -0.4 is 10.2 Å². The van der Waals surface area contributed by atoms with Crippen LogP contribution in [0.2, 0.25) is 0 Å². The Hall–Kier alpha value is -2.78. The molecule has 0 aliphatic carbocycles. The maximum atomic E-state index is 12.7. The molecule has 0 unspecified atom stereocenters. The Bertz CT molecular complexity index is 950. The first kappa shape index (κ1) is 18.6. The summed E-state index contributed by atoms with van der Waals surface area (Å²) < 4.78 is 0. The van der Waals surface area contributed by atoms with Crippen LogP contribution in [0, 0.1) is 13.8 Å². The number of amides is 1. The zero-order chi connectivity index (χ0) is 19.7. The molecule has 1 aliphatic rings. The average molecular weight is 398 g/mol. The molecule has 1 fully saturated rings. The monoisotopic (exact) mass is 398 g/mol. The minimum absolute atomic E-state index is 0.299. The summed E-state index contributed by atoms with van der Waals surface area (Å²) in [6.45, 7) is 5.27. The highest BCUT2D eigenvalue weighted by Crippen LogP contribution is 2.27. The third-order valence-corrected chi connectivity index (χ3v) is 6.06. The number of H-pyrrole nitrogens is 1. The highest BCUT2D eigenvalue weighted by atomic mass is 32.1. The lowest BCUT2D eigenvalue weighted by atomic mass is 10.0. The van der Waals surface area contributed by atoms with Crippen molar-refractivity contribution in [3.8, 4) is 11.4 Å². The summed E-state index contributed by atoms with van der Waals surface area (Å²) in [6, 6.07) is 6.81. The molecule has 146 valence electrons. The third-order valence-electron chi connectivity index (χ3n) is 4.93. The third kappa shape index (κ3) is 3.76. The molecule has 0 aromatic carbocycles. The smallest absolute Gasteiger partial charge is 0.269 e. The Labute approximate surface area is 166 Å². The van der Waals surface area contributed by atoms with Crippen LogP contribution in [0.3, 0.4) is 0 Å². The maximum absolute atomic E-state index is 12.7. The van der Waals surface area contributed by atoms with Gasteiger partial charge in [-0.3, -0.25) is 14.9 Å². The van der Waals surface area contributed by atoms with Crippen LogP contribution in [-0.4, -0.2) is 56.4 Å². The average Bonchev–Trinajstić information content (AvgIpc) is 3.32. The number of nitrogens with zero attached hydrogens (tertiary/aromatic N) is 4. The predicted molar refractivity (Wildman–Crippen MR) is 107 cm³/mol. The van der Waals surface area contributed by atoms with Gasteiger partial charge >= 0.3 is 0 Å². The van der Waals surface area contributed by atoms with E-state index in [-0.39, 0.29) is 11.9 Å². The van der Waals surface area contributed by atoms with Crippen molar-refractivity contribution in [3.05, 3.63) is 46.7 Å². The number of pyridine rings is 1. The second-order valence-electron chi connectivity index (χ2n) is 6.90. The lowest BCUT2D eigenvalue weighted by molar-refractivity contribution is 0.0781. The first-order valence-electron chi connectivity index (χ1n) is 9.16. The van der Waals surface area contributed by atoms with Crippen molar-refractivity contribution >= 4 is 22.4 Å². The number of carbonyl (C=O) groups excluding carboxylic acids is 1. The molecule has 4 rings (SSSR count). The summed E-state index contributed by atoms with van der Waals surface area (Å²) in [5.74, 6) is -0.299. The van der Waals surface area contributed by atoms with E-state index in [4.69, 9.17) is 0 Å². The van der Waals surface area contributed by atoms with Gasteiger partial charge in [0.2, 0.25) is 0 Å². The van der Waals surface area contributed by atoms with Crippen molar-refractivity contribution in [3.63, 3.8) is 0 Å². The van der Waals surface area contributed by atoms with Crippen molar-refractivity contribution in [2.45, 2.75) is 32.4 Å². The van der Waals surface area contributed by atoms with E-state index in [0.717, 1.165) is 10.8 Å². The van der Waals surface area contributed by atoms with Crippen molar-refractivity contribution < 1.29 is 9.90 Å². The van der Waals surface area contributed by atoms with Gasteiger partial charge in [-0.1, -0.05) is 6.07 Å². The Morgan fingerprint density at radius 2 is 2.21 bits per heavy atom. The van der Waals surface area contributed by atoms with Gasteiger partial charge in [-0.2, -0.15) is 5.10 Å². The van der Waals surface area contributed by atoms with E-state index in [1.54, 1.807) is 23.6 Å². The number of hydrogen-bond donors (Lipinski definition) is 3. The molecule has 0 radical (unpaired) electrons. The summed E-state index contributed by atoms with van der Waals surface area (Å²) in [5, 5.41) is 21.2. The lowest BCUT2D eigenvalue weighted by Gasteiger charge is -2.36. The van der Waals surface area contributed by atoms with Gasteiger partial charge in [0, 0.05) is 24.2 Å². The number of carbonyl (C=O) groups is 1. The maximum Gasteiger partial charge on any atom is 0.269 e. The largest absolute Gasteiger partial charge is 0.391 e. The molecule has 0 bridgehead atoms. The Kier molecular flexibility index (Phi) is 5.10. The molecule has 3 N–H and O–H groups in total. The van der Waals surface area contributed by atoms with Crippen LogP contribution in [0.15, 0.2) is 30.5 Å². The second kappa shape index (κ2) is 7.69. The van der Waals surface area contributed by atoms with Gasteiger partial charge in [-0.15, -0.1) is 11.3 Å². The highest BCUT2D eigenvalue weighted by molar-refractivity contribution is 7.15. The van der Waals surface area contributed by atoms with Crippen LogP contribution >= 0.6 is 11.3 Å². The first-order valence-corrected chi connectivity index (χ1v) is 9.97. The molecule has 0 saturated carbocycles. The molecule has 9 heteroatoms. The van der Waals surface area contributed by atoms with E-state index < -0.39 is 6.10 Å². The van der Waals surface area contributed by atoms with Gasteiger partial charge in [0.1, 0.15) is 11.4 Å². The van der Waals surface area contributed by atoms with E-state index in [0.29, 0.717) is 36.6 Å². The molecule has 1 aliphatic heterocycles. The number of nitrogens with one attached hydrogen (secondary N) is 2. The molecule has 4 heterocycles. The number of aryl methyl sites for hydroxylation is 2. The fourth-order valence-corrected chi connectivity index (χ4v) is 4.12. The SMILES string of the molecule is Cc1nc(N2CC[C@H](O)[C@H](NC(=O)c3cc(-c4ccccn4)n[nH]3)C2)sc1C. The van der Waals surface area contributed by atoms with Crippen LogP contribution in [-0.2, 0) is 0 Å². The number of aromatic nitrogens is 4. The van der Waals surface area contributed by atoms with E-state index >= 15 is 0 Å². The summed E-state index contributed by atoms with van der Waals surface area (Å²) >= 11 is 1.64. The van der Waals surface area contributed by atoms with Gasteiger partial charge in [0.25, 0.3) is 5.91 Å². The van der Waals surface area contributed by atoms with Gasteiger partial charge in [-0.05, 0) is 38.5 Å². The zero-order valence-electron chi connectivity index (χ0n) is 15.7. The number of hydrogen-bond acceptors (Lipinski definition) is 7. The minimum atomic E-state index is -0.597. The lowest BCUT2D eigenvalue weighted by Crippen LogP contribution is -2.55. The topological polar surface area (TPSA) is 107 Å². The number of thiazole rings is 1. The fourth-order valence-electron chi connectivity index (χ4n) is 3.18. The number of piperidine rings is 1. The van der Waals surface area contributed by atoms with Crippen LogP contribution in [0.5, 0.6) is 0 Å². The standard InChI is InChI=1S/C19H22N6O2S/c1-11-12(2)28-19(21-11)25-8-6-17(26)16(10-25)22-18(27)15-9-14(23-24-15)13-5-3-4-7-20-13/h3-5,7,9,16-17,26H,6,8,10H2,1-2H3,(H,22,27)(H,23,24)/t16-,17+/m1/s1. The Morgan fingerprint density at radius 3 is 2.93 bits per heavy atom. The van der Waals surface area contributed by atoms with Gasteiger partial charge in [-0.25, -0.2) is 4.98 Å². The number of aliphatic hydroxyl groups is 1. The van der Waals surface area contributed by atoms with E-state index in [9.17, 15) is 9.90 Å². The van der Waals surface area contributed by atoms with E-state index in [1.807, 2.05) is 32.0 Å². The summed E-state index contributed by atoms with van der Waals surface area (Å²) in [4.78, 5) is 24.8. The number of aliphatic hydroxyl groups excluding tert-OH is 1. The van der Waals surface area contributed by atoms with Crippen molar-refractivity contribution in [2.75, 3.05) is 18.0 Å². The van der Waals surface area contributed by atoms with Crippen molar-refractivity contribution in [1.82, 2.24) is 25.5 Å². The predicted octanol–water partition coefficient (Wildman–Crippen LogP) is 1.91. The molecular weight excluding hydrogens is 376 g/mol. The molecule has 8 nitrogen and oxygen atoms in total. The van der Waals surface area contributed by atoms with Gasteiger partial charge in [0.05, 0.1) is 23.5 Å².